The normalized spacial score (nSPS) is 27.1. The molecule has 0 spiro atoms. The summed E-state index contributed by atoms with van der Waals surface area (Å²) in [6, 6.07) is -10.8. The van der Waals surface area contributed by atoms with Crippen LogP contribution in [0.4, 0.5) is 4.79 Å². The van der Waals surface area contributed by atoms with Gasteiger partial charge in [0.25, 0.3) is 11.7 Å². The highest BCUT2D eigenvalue weighted by Gasteiger charge is 2.53. The van der Waals surface area contributed by atoms with Crippen LogP contribution in [0.5, 0.6) is 0 Å². The molecule has 20 atom stereocenters. The lowest BCUT2D eigenvalue weighted by Crippen LogP contribution is -2.61. The number of carbonyl (C=O) groups excluding carboxylic acids is 11. The molecule has 0 aromatic rings. The van der Waals surface area contributed by atoms with E-state index < -0.39 is 229 Å². The first kappa shape index (κ1) is 100. The molecule has 2 saturated heterocycles. The van der Waals surface area contributed by atoms with Gasteiger partial charge in [0.2, 0.25) is 35.3 Å². The van der Waals surface area contributed by atoms with Crippen LogP contribution in [0, 0.1) is 35.5 Å². The maximum absolute atomic E-state index is 14.8. The number of ketones is 3. The maximum Gasteiger partial charge on any atom is 0.509 e. The summed E-state index contributed by atoms with van der Waals surface area (Å²) >= 11 is 0. The van der Waals surface area contributed by atoms with Gasteiger partial charge in [-0.25, -0.2) is 14.4 Å². The number of cyclic esters (lactones) is 1. The molecule has 0 aromatic heterocycles. The van der Waals surface area contributed by atoms with Crippen LogP contribution in [0.2, 0.25) is 0 Å². The number of piperidine rings is 1. The van der Waals surface area contributed by atoms with E-state index in [1.54, 1.807) is 39.0 Å². The second kappa shape index (κ2) is 50.1. The summed E-state index contributed by atoms with van der Waals surface area (Å²) in [6.45, 7) is 12.7. The first-order chi connectivity index (χ1) is 55.2. The van der Waals surface area contributed by atoms with Crippen molar-refractivity contribution in [3.8, 4) is 0 Å². The number of carbonyl (C=O) groups is 15. The lowest BCUT2D eigenvalue weighted by Gasteiger charge is -2.42. The molecule has 3 heterocycles. The van der Waals surface area contributed by atoms with Crippen molar-refractivity contribution in [3.63, 3.8) is 0 Å². The molecule has 117 heavy (non-hydrogen) atoms. The van der Waals surface area contributed by atoms with Gasteiger partial charge in [-0.15, -0.1) is 0 Å². The molecule has 1 saturated carbocycles. The standard InChI is InChI=1S/C78H119N9O28S2/c1-12-61(90)82-51(36-62(91)92)70(100)83-50(21-18-27-81-76(79)80)69(99)84-52(37-63(93)94)71(101)85-53(38-64(95)96)72(102)86-54(74(104)105)40-117-116-30-29-112-77(107)114-66-46(7)32-43(4)57(89)39-59(44(5)33-48-24-26-56(88)60(34-48)110-10)113-75(106)55-22-16-17-28-87(55)73(103)68(98)78(108)47(8)23-25-49(115-78)35-58(109-9)42(3)20-15-13-14-19-41(2)31-45(6)65(97)67(66)111-11/h13-15,19-20,32,41,43-45,47-56,58-60,66-67,88,108H,12,16-18,21-31,33-40H2,1-11H3,(H,82,90)(H,83,100)(H,84,99)(H,85,101)(H,86,102)(H,91,92)(H,93,94)(H,95,96)(H,104,105)(H4,79,80,81)/t41-,43-,44-,45-,47-,48+,49+,50+,51+,52+,53+,54+,55+,56-,58+,59+,60-,66-,67+,78-/m1/s1. The van der Waals surface area contributed by atoms with E-state index in [0.29, 0.717) is 51.4 Å². The van der Waals surface area contributed by atoms with Crippen molar-refractivity contribution >= 4 is 116 Å². The van der Waals surface area contributed by atoms with E-state index in [-0.39, 0.29) is 87.2 Å². The summed E-state index contributed by atoms with van der Waals surface area (Å²) in [5.41, 5.74) is 11.7. The number of hydrogen-bond donors (Lipinski definition) is 13. The van der Waals surface area contributed by atoms with E-state index in [9.17, 15) is 103 Å². The number of aliphatic hydroxyl groups is 2. The number of carboxylic acids is 4. The van der Waals surface area contributed by atoms with E-state index in [0.717, 1.165) is 32.1 Å². The molecule has 37 nitrogen and oxygen atoms in total. The number of allylic oxidation sites excluding steroid dienone is 6. The molecule has 0 aromatic carbocycles. The minimum absolute atomic E-state index is 0.0305. The average molecular weight is 1690 g/mol. The number of aliphatic carboxylic acids is 4. The number of ether oxygens (including phenoxy) is 7. The molecule has 3 fully saturated rings. The summed E-state index contributed by atoms with van der Waals surface area (Å²) < 4.78 is 41.2. The number of guanidine groups is 1. The van der Waals surface area contributed by atoms with Gasteiger partial charge < -0.3 is 107 Å². The largest absolute Gasteiger partial charge is 0.509 e. The molecule has 0 unspecified atom stereocenters. The number of nitrogens with two attached hydrogens (primary N) is 2. The molecular formula is C78H119N9O28S2. The zero-order valence-electron chi connectivity index (χ0n) is 68.2. The number of esters is 1. The van der Waals surface area contributed by atoms with Crippen molar-refractivity contribution < 1.29 is 136 Å². The van der Waals surface area contributed by atoms with E-state index in [1.165, 1.54) is 41.3 Å². The number of nitrogens with one attached hydrogen (secondary N) is 5. The fraction of sp³-hybridized carbons (Fsp3) is 0.692. The predicted octanol–water partition coefficient (Wildman–Crippen LogP) is 3.12. The van der Waals surface area contributed by atoms with E-state index in [2.05, 4.69) is 26.3 Å². The number of aliphatic hydroxyl groups excluding tert-OH is 1. The minimum Gasteiger partial charge on any atom is -0.481 e. The van der Waals surface area contributed by atoms with Crippen LogP contribution in [-0.2, 0) is 100 Å². The SMILES string of the molecule is CCC(=O)N[C@@H](CC(=O)O)C(=O)N[C@@H](CCCN=C(N)N)C(=O)N[C@@H](CC(=O)O)C(=O)N[C@@H](CC(=O)O)C(=O)N[C@@H](CSSCCOC(=O)O[C@@H]1C(C)=C[C@@H](C)C(=O)C[C@@H]([C@H](C)C[C@@H]2CC[C@@H](O)[C@H](OC)C2)OC(=O)[C@@H]2CCCCN2C(=O)C(=O)[C@]2(O)O[C@@H](CC[C@H]2C)C[C@H](OC)C(C)=CC=CC=C[C@@H](C)C[C@@H](C)C(=O)[C@@H]1OC)C(=O)O. The van der Waals surface area contributed by atoms with Gasteiger partial charge in [-0.3, -0.25) is 62.5 Å². The zero-order valence-corrected chi connectivity index (χ0v) is 69.9. The Morgan fingerprint density at radius 1 is 0.709 bits per heavy atom. The molecule has 15 N–H and O–H groups in total. The van der Waals surface area contributed by atoms with Gasteiger partial charge in [0.1, 0.15) is 54.7 Å². The highest BCUT2D eigenvalue weighted by Crippen LogP contribution is 2.38. The van der Waals surface area contributed by atoms with Crippen molar-refractivity contribution in [1.82, 2.24) is 31.5 Å². The van der Waals surface area contributed by atoms with Gasteiger partial charge >= 0.3 is 36.0 Å². The Balaban J connectivity index is 1.60. The summed E-state index contributed by atoms with van der Waals surface area (Å²) in [5.74, 6) is -23.6. The van der Waals surface area contributed by atoms with E-state index >= 15 is 0 Å². The number of rotatable bonds is 34. The lowest BCUT2D eigenvalue weighted by atomic mass is 9.78. The minimum atomic E-state index is -2.55. The lowest BCUT2D eigenvalue weighted by molar-refractivity contribution is -0.265. The van der Waals surface area contributed by atoms with Crippen LogP contribution in [0.3, 0.4) is 0 Å². The average Bonchev–Trinajstić information content (AvgIpc) is 0.773. The van der Waals surface area contributed by atoms with Gasteiger partial charge in [-0.1, -0.05) is 99.6 Å². The molecule has 3 aliphatic heterocycles. The molecule has 2 bridgehead atoms. The van der Waals surface area contributed by atoms with Crippen molar-refractivity contribution in [2.45, 2.75) is 256 Å². The number of methoxy groups -OCH3 is 3. The monoisotopic (exact) mass is 1690 g/mol. The third-order valence-electron chi connectivity index (χ3n) is 20.9. The first-order valence-electron chi connectivity index (χ1n) is 39.2. The second-order valence-electron chi connectivity index (χ2n) is 30.2. The fourth-order valence-corrected chi connectivity index (χ4v) is 16.2. The number of hydrogen-bond acceptors (Lipinski definition) is 27. The number of nitrogens with zero attached hydrogens (tertiary/aromatic N) is 2. The number of aliphatic imine (C=N–C) groups is 1. The van der Waals surface area contributed by atoms with E-state index in [1.807, 2.05) is 38.2 Å². The molecule has 4 rings (SSSR count). The Morgan fingerprint density at radius 3 is 1.90 bits per heavy atom. The van der Waals surface area contributed by atoms with Crippen LogP contribution in [0.15, 0.2) is 52.6 Å². The Morgan fingerprint density at radius 2 is 1.32 bits per heavy atom. The highest BCUT2D eigenvalue weighted by molar-refractivity contribution is 8.76. The second-order valence-corrected chi connectivity index (χ2v) is 32.8. The molecule has 656 valence electrons. The summed E-state index contributed by atoms with van der Waals surface area (Å²) in [4.78, 5) is 207. The van der Waals surface area contributed by atoms with Gasteiger partial charge in [0, 0.05) is 82.9 Å². The molecule has 39 heteroatoms. The number of carboxylic acid groups (broad SMARTS) is 4. The predicted molar refractivity (Wildman–Crippen MR) is 425 cm³/mol. The summed E-state index contributed by atoms with van der Waals surface area (Å²) in [6.07, 6.45) is 2.42. The van der Waals surface area contributed by atoms with Gasteiger partial charge in [0.15, 0.2) is 24.0 Å². The zero-order chi connectivity index (χ0) is 87.6. The Hall–Kier alpha value is -8.86. The third kappa shape index (κ3) is 33.1. The third-order valence-corrected chi connectivity index (χ3v) is 23.3. The van der Waals surface area contributed by atoms with Crippen LogP contribution in [-0.4, -0.2) is 268 Å². The van der Waals surface area contributed by atoms with Gasteiger partial charge in [-0.2, -0.15) is 0 Å². The summed E-state index contributed by atoms with van der Waals surface area (Å²) in [5, 5.41) is 72.7. The summed E-state index contributed by atoms with van der Waals surface area (Å²) in [7, 11) is 6.00. The van der Waals surface area contributed by atoms with Crippen molar-refractivity contribution in [2.75, 3.05) is 52.5 Å². The van der Waals surface area contributed by atoms with Crippen molar-refractivity contribution in [3.05, 3.63) is 47.6 Å². The number of amides is 6. The number of fused-ring (bicyclic) bond motifs is 3. The number of Topliss-reactive ketones (excluding diaryl/α,β-unsaturated/α-hetero) is 3. The molecule has 6 amide bonds. The quantitative estimate of drug-likeness (QED) is 0.00837. The van der Waals surface area contributed by atoms with Gasteiger partial charge in [-0.05, 0) is 120 Å². The Kier molecular flexibility index (Phi) is 43.1. The van der Waals surface area contributed by atoms with Crippen LogP contribution >= 0.6 is 21.6 Å². The van der Waals surface area contributed by atoms with Crippen LogP contribution in [0.1, 0.15) is 171 Å². The van der Waals surface area contributed by atoms with Crippen molar-refractivity contribution in [1.29, 1.82) is 0 Å². The smallest absolute Gasteiger partial charge is 0.481 e. The highest BCUT2D eigenvalue weighted by atomic mass is 33.1. The first-order valence-corrected chi connectivity index (χ1v) is 41.7. The maximum atomic E-state index is 14.8. The molecular weight excluding hydrogens is 1580 g/mol. The van der Waals surface area contributed by atoms with Crippen LogP contribution in [0.25, 0.3) is 0 Å². The van der Waals surface area contributed by atoms with Gasteiger partial charge in [0.05, 0.1) is 43.7 Å². The van der Waals surface area contributed by atoms with E-state index in [4.69, 9.17) is 44.6 Å². The van der Waals surface area contributed by atoms with Crippen LogP contribution < -0.4 is 38.1 Å². The fourth-order valence-electron chi connectivity index (χ4n) is 14.2. The van der Waals surface area contributed by atoms with Crippen molar-refractivity contribution in [2.24, 2.45) is 52.0 Å². The Labute approximate surface area is 688 Å². The molecule has 1 aliphatic carbocycles. The Bertz CT molecular complexity index is 3610. The topological polar surface area (TPSA) is 570 Å². The molecule has 0 radical (unpaired) electrons. The molecule has 4 aliphatic rings.